The number of aromatic nitrogens is 2. The summed E-state index contributed by atoms with van der Waals surface area (Å²) in [5.41, 5.74) is 4.53. The molecular formula is C11H18N4O3. The largest absolute Gasteiger partial charge is 0.392 e. The van der Waals surface area contributed by atoms with Gasteiger partial charge in [-0.1, -0.05) is 13.8 Å². The third kappa shape index (κ3) is 1.71. The van der Waals surface area contributed by atoms with Gasteiger partial charge in [0.1, 0.15) is 11.5 Å². The van der Waals surface area contributed by atoms with E-state index < -0.39 is 17.4 Å². The molecule has 2 unspecified atom stereocenters. The molecule has 1 aliphatic carbocycles. The summed E-state index contributed by atoms with van der Waals surface area (Å²) in [4.78, 5) is 25.2. The standard InChI is InChI=1S/C11H18N4O3/c1-11(2)5(4-6(11)16)13-7-8(12)15(3)10(18)14-9(7)17/h5-6,13,16H,4,12H2,1-3H3,(H,14,17,18). The van der Waals surface area contributed by atoms with Crippen molar-refractivity contribution in [1.29, 1.82) is 0 Å². The molecule has 0 aliphatic heterocycles. The highest BCUT2D eigenvalue weighted by Gasteiger charge is 2.47. The van der Waals surface area contributed by atoms with Gasteiger partial charge >= 0.3 is 5.69 Å². The van der Waals surface area contributed by atoms with Crippen LogP contribution in [-0.4, -0.2) is 26.8 Å². The first-order chi connectivity index (χ1) is 8.25. The van der Waals surface area contributed by atoms with E-state index in [-0.39, 0.29) is 23.0 Å². The number of rotatable bonds is 2. The number of hydrogen-bond acceptors (Lipinski definition) is 5. The lowest BCUT2D eigenvalue weighted by Gasteiger charge is -2.49. The first-order valence-corrected chi connectivity index (χ1v) is 5.78. The van der Waals surface area contributed by atoms with E-state index in [1.54, 1.807) is 0 Å². The summed E-state index contributed by atoms with van der Waals surface area (Å²) in [6, 6.07) is -0.0478. The molecule has 1 fully saturated rings. The fourth-order valence-corrected chi connectivity index (χ4v) is 2.10. The van der Waals surface area contributed by atoms with E-state index in [0.717, 1.165) is 0 Å². The molecular weight excluding hydrogens is 236 g/mol. The van der Waals surface area contributed by atoms with E-state index in [4.69, 9.17) is 5.73 Å². The summed E-state index contributed by atoms with van der Waals surface area (Å²) < 4.78 is 1.17. The van der Waals surface area contributed by atoms with Crippen molar-refractivity contribution in [3.63, 3.8) is 0 Å². The monoisotopic (exact) mass is 254 g/mol. The normalized spacial score (nSPS) is 25.6. The molecule has 1 aliphatic rings. The average molecular weight is 254 g/mol. The highest BCUT2D eigenvalue weighted by molar-refractivity contribution is 5.61. The highest BCUT2D eigenvalue weighted by atomic mass is 16.3. The Labute approximate surface area is 104 Å². The zero-order valence-electron chi connectivity index (χ0n) is 10.7. The van der Waals surface area contributed by atoms with Crippen LogP contribution in [-0.2, 0) is 7.05 Å². The molecule has 7 nitrogen and oxygen atoms in total. The van der Waals surface area contributed by atoms with Gasteiger partial charge in [-0.15, -0.1) is 0 Å². The predicted octanol–water partition coefficient (Wildman–Crippen LogP) is -0.773. The minimum atomic E-state index is -0.545. The predicted molar refractivity (Wildman–Crippen MR) is 68.5 cm³/mol. The van der Waals surface area contributed by atoms with Gasteiger partial charge in [0.25, 0.3) is 5.56 Å². The topological polar surface area (TPSA) is 113 Å². The number of nitrogens with one attached hydrogen (secondary N) is 2. The van der Waals surface area contributed by atoms with E-state index in [1.165, 1.54) is 11.6 Å². The Morgan fingerprint density at radius 2 is 2.11 bits per heavy atom. The van der Waals surface area contributed by atoms with Gasteiger partial charge in [-0.3, -0.25) is 14.3 Å². The van der Waals surface area contributed by atoms with E-state index in [1.807, 2.05) is 13.8 Å². The van der Waals surface area contributed by atoms with Crippen LogP contribution >= 0.6 is 0 Å². The molecule has 2 rings (SSSR count). The number of nitrogens with two attached hydrogens (primary N) is 1. The fourth-order valence-electron chi connectivity index (χ4n) is 2.10. The zero-order valence-corrected chi connectivity index (χ0v) is 10.7. The second-order valence-electron chi connectivity index (χ2n) is 5.35. The number of hydrogen-bond donors (Lipinski definition) is 4. The van der Waals surface area contributed by atoms with Crippen molar-refractivity contribution in [3.05, 3.63) is 20.8 Å². The maximum absolute atomic E-state index is 11.7. The van der Waals surface area contributed by atoms with Crippen molar-refractivity contribution >= 4 is 11.5 Å². The second kappa shape index (κ2) is 3.88. The van der Waals surface area contributed by atoms with Gasteiger partial charge in [0, 0.05) is 18.5 Å². The van der Waals surface area contributed by atoms with Crippen LogP contribution in [0.2, 0.25) is 0 Å². The Kier molecular flexibility index (Phi) is 2.73. The lowest BCUT2D eigenvalue weighted by Crippen LogP contribution is -2.57. The Morgan fingerprint density at radius 3 is 2.61 bits per heavy atom. The second-order valence-corrected chi connectivity index (χ2v) is 5.35. The van der Waals surface area contributed by atoms with Gasteiger partial charge in [-0.05, 0) is 6.42 Å². The summed E-state index contributed by atoms with van der Waals surface area (Å²) in [5, 5.41) is 12.7. The maximum atomic E-state index is 11.7. The number of anilines is 2. The molecule has 1 heterocycles. The van der Waals surface area contributed by atoms with Gasteiger partial charge in [-0.2, -0.15) is 0 Å². The Morgan fingerprint density at radius 1 is 1.50 bits per heavy atom. The third-order valence-corrected chi connectivity index (χ3v) is 3.90. The lowest BCUT2D eigenvalue weighted by molar-refractivity contribution is -0.0510. The van der Waals surface area contributed by atoms with Gasteiger partial charge < -0.3 is 16.2 Å². The zero-order chi connectivity index (χ0) is 13.7. The molecule has 1 aromatic rings. The first-order valence-electron chi connectivity index (χ1n) is 5.78. The van der Waals surface area contributed by atoms with Crippen LogP contribution in [0.25, 0.3) is 0 Å². The molecule has 18 heavy (non-hydrogen) atoms. The molecule has 0 amide bonds. The molecule has 0 bridgehead atoms. The number of aliphatic hydroxyl groups is 1. The average Bonchev–Trinajstić information content (AvgIpc) is 2.30. The number of H-pyrrole nitrogens is 1. The molecule has 0 spiro atoms. The quantitative estimate of drug-likeness (QED) is 0.553. The van der Waals surface area contributed by atoms with Gasteiger partial charge in [0.15, 0.2) is 0 Å². The SMILES string of the molecule is Cn1c(N)c(NC2CC(O)C2(C)C)c(=O)[nH]c1=O. The van der Waals surface area contributed by atoms with Crippen LogP contribution in [0.4, 0.5) is 11.5 Å². The van der Waals surface area contributed by atoms with Gasteiger partial charge in [-0.25, -0.2) is 4.79 Å². The molecule has 1 saturated carbocycles. The van der Waals surface area contributed by atoms with E-state index in [2.05, 4.69) is 10.3 Å². The molecule has 0 aromatic carbocycles. The summed E-state index contributed by atoms with van der Waals surface area (Å²) in [6.07, 6.45) is 0.150. The van der Waals surface area contributed by atoms with E-state index in [0.29, 0.717) is 6.42 Å². The Bertz CT molecular complexity index is 587. The molecule has 0 saturated heterocycles. The number of nitrogens with zero attached hydrogens (tertiary/aromatic N) is 1. The van der Waals surface area contributed by atoms with Crippen LogP contribution in [0, 0.1) is 5.41 Å². The van der Waals surface area contributed by atoms with Crippen molar-refractivity contribution in [2.45, 2.75) is 32.4 Å². The van der Waals surface area contributed by atoms with Crippen LogP contribution in [0.5, 0.6) is 0 Å². The molecule has 2 atom stereocenters. The number of aromatic amines is 1. The molecule has 5 N–H and O–H groups in total. The lowest BCUT2D eigenvalue weighted by atomic mass is 9.64. The maximum Gasteiger partial charge on any atom is 0.329 e. The molecule has 0 radical (unpaired) electrons. The minimum absolute atomic E-state index is 0.0478. The summed E-state index contributed by atoms with van der Waals surface area (Å²) in [5.74, 6) is 0.0981. The number of aliphatic hydroxyl groups excluding tert-OH is 1. The molecule has 100 valence electrons. The van der Waals surface area contributed by atoms with Gasteiger partial charge in [0.2, 0.25) is 0 Å². The smallest absolute Gasteiger partial charge is 0.329 e. The van der Waals surface area contributed by atoms with Crippen molar-refractivity contribution in [2.75, 3.05) is 11.1 Å². The van der Waals surface area contributed by atoms with Crippen molar-refractivity contribution in [3.8, 4) is 0 Å². The van der Waals surface area contributed by atoms with Crippen LogP contribution < -0.4 is 22.3 Å². The number of nitrogen functional groups attached to an aromatic ring is 1. The highest BCUT2D eigenvalue weighted by Crippen LogP contribution is 2.42. The van der Waals surface area contributed by atoms with Crippen molar-refractivity contribution in [2.24, 2.45) is 12.5 Å². The van der Waals surface area contributed by atoms with Crippen LogP contribution in [0.15, 0.2) is 9.59 Å². The summed E-state index contributed by atoms with van der Waals surface area (Å²) in [6.45, 7) is 3.82. The minimum Gasteiger partial charge on any atom is -0.392 e. The Balaban J connectivity index is 2.35. The van der Waals surface area contributed by atoms with Gasteiger partial charge in [0.05, 0.1) is 6.10 Å². The summed E-state index contributed by atoms with van der Waals surface area (Å²) >= 11 is 0. The first kappa shape index (κ1) is 12.7. The fraction of sp³-hybridized carbons (Fsp3) is 0.636. The van der Waals surface area contributed by atoms with Crippen molar-refractivity contribution in [1.82, 2.24) is 9.55 Å². The van der Waals surface area contributed by atoms with Crippen molar-refractivity contribution < 1.29 is 5.11 Å². The van der Waals surface area contributed by atoms with Crippen LogP contribution in [0.1, 0.15) is 20.3 Å². The Hall–Kier alpha value is -1.76. The summed E-state index contributed by atoms with van der Waals surface area (Å²) in [7, 11) is 1.49. The molecule has 1 aromatic heterocycles. The third-order valence-electron chi connectivity index (χ3n) is 3.90. The van der Waals surface area contributed by atoms with E-state index >= 15 is 0 Å². The van der Waals surface area contributed by atoms with E-state index in [9.17, 15) is 14.7 Å². The molecule has 7 heteroatoms. The van der Waals surface area contributed by atoms with Crippen LogP contribution in [0.3, 0.4) is 0 Å².